The van der Waals surface area contributed by atoms with Gasteiger partial charge in [-0.05, 0) is 74.3 Å². The van der Waals surface area contributed by atoms with Crippen LogP contribution in [0.5, 0.6) is 0 Å². The standard InChI is InChI=1S/C23H21ClN2O4/c24-14-3-4-17-16(7-14)26-22(30-17)13-8-23(9-13)10-15(11-23)25-21(28)19-6-5-18(29-19)20(27)12-1-2-12/h3-7,12-13,15H,1-2,8-11H2,(H,25,28). The number of hydrogen-bond acceptors (Lipinski definition) is 5. The number of Topliss-reactive ketones (excluding diaryl/α,β-unsaturated/α-hetero) is 1. The quantitative estimate of drug-likeness (QED) is 0.574. The van der Waals surface area contributed by atoms with Gasteiger partial charge in [-0.15, -0.1) is 0 Å². The molecule has 6 rings (SSSR count). The van der Waals surface area contributed by atoms with Crippen LogP contribution >= 0.6 is 11.6 Å². The molecule has 0 aliphatic heterocycles. The van der Waals surface area contributed by atoms with E-state index in [4.69, 9.17) is 20.4 Å². The highest BCUT2D eigenvalue weighted by molar-refractivity contribution is 6.31. The van der Waals surface area contributed by atoms with E-state index in [0.717, 1.165) is 55.5 Å². The van der Waals surface area contributed by atoms with Crippen molar-refractivity contribution in [2.24, 2.45) is 11.3 Å². The molecule has 0 saturated heterocycles. The molecule has 154 valence electrons. The normalized spacial score (nSPS) is 27.6. The Hall–Kier alpha value is -2.60. The van der Waals surface area contributed by atoms with E-state index in [-0.39, 0.29) is 34.8 Å². The van der Waals surface area contributed by atoms with Crippen LogP contribution < -0.4 is 5.32 Å². The number of halogens is 1. The summed E-state index contributed by atoms with van der Waals surface area (Å²) < 4.78 is 11.4. The van der Waals surface area contributed by atoms with Gasteiger partial charge in [-0.25, -0.2) is 4.98 Å². The zero-order chi connectivity index (χ0) is 20.5. The molecule has 7 heteroatoms. The Morgan fingerprint density at radius 1 is 1.03 bits per heavy atom. The first-order valence-electron chi connectivity index (χ1n) is 10.5. The van der Waals surface area contributed by atoms with Crippen molar-refractivity contribution in [2.75, 3.05) is 0 Å². The Labute approximate surface area is 178 Å². The third kappa shape index (κ3) is 3.05. The molecule has 3 aromatic rings. The van der Waals surface area contributed by atoms with E-state index in [1.54, 1.807) is 12.1 Å². The maximum absolute atomic E-state index is 12.4. The van der Waals surface area contributed by atoms with E-state index < -0.39 is 0 Å². The summed E-state index contributed by atoms with van der Waals surface area (Å²) in [6.07, 6.45) is 5.81. The number of oxazole rings is 1. The number of ketones is 1. The van der Waals surface area contributed by atoms with Gasteiger partial charge in [0, 0.05) is 22.9 Å². The predicted octanol–water partition coefficient (Wildman–Crippen LogP) is 5.12. The minimum Gasteiger partial charge on any atom is -0.448 e. The molecule has 30 heavy (non-hydrogen) atoms. The van der Waals surface area contributed by atoms with E-state index in [9.17, 15) is 9.59 Å². The average molecular weight is 425 g/mol. The van der Waals surface area contributed by atoms with Crippen molar-refractivity contribution in [1.82, 2.24) is 10.3 Å². The van der Waals surface area contributed by atoms with Gasteiger partial charge in [0.1, 0.15) is 5.52 Å². The molecular weight excluding hydrogens is 404 g/mol. The summed E-state index contributed by atoms with van der Waals surface area (Å²) in [7, 11) is 0. The second-order valence-corrected chi connectivity index (χ2v) is 9.59. The lowest BCUT2D eigenvalue weighted by Crippen LogP contribution is -2.55. The van der Waals surface area contributed by atoms with Crippen LogP contribution in [-0.4, -0.2) is 22.7 Å². The summed E-state index contributed by atoms with van der Waals surface area (Å²) in [4.78, 5) is 29.1. The number of aromatic nitrogens is 1. The highest BCUT2D eigenvalue weighted by atomic mass is 35.5. The van der Waals surface area contributed by atoms with Crippen molar-refractivity contribution < 1.29 is 18.4 Å². The smallest absolute Gasteiger partial charge is 0.287 e. The summed E-state index contributed by atoms with van der Waals surface area (Å²) in [5.41, 5.74) is 1.85. The lowest BCUT2D eigenvalue weighted by Gasteiger charge is -2.57. The number of hydrogen-bond donors (Lipinski definition) is 1. The van der Waals surface area contributed by atoms with Crippen LogP contribution in [0.3, 0.4) is 0 Å². The largest absolute Gasteiger partial charge is 0.448 e. The van der Waals surface area contributed by atoms with E-state index in [0.29, 0.717) is 16.7 Å². The molecule has 1 N–H and O–H groups in total. The van der Waals surface area contributed by atoms with Crippen LogP contribution in [0, 0.1) is 11.3 Å². The number of carbonyl (C=O) groups is 2. The van der Waals surface area contributed by atoms with Crippen molar-refractivity contribution in [1.29, 1.82) is 0 Å². The lowest BCUT2D eigenvalue weighted by atomic mass is 9.50. The van der Waals surface area contributed by atoms with E-state index in [1.165, 1.54) is 0 Å². The highest BCUT2D eigenvalue weighted by Gasteiger charge is 2.54. The van der Waals surface area contributed by atoms with Gasteiger partial charge in [-0.2, -0.15) is 0 Å². The number of nitrogens with zero attached hydrogens (tertiary/aromatic N) is 1. The fourth-order valence-corrected chi connectivity index (χ4v) is 5.24. The Kier molecular flexibility index (Phi) is 3.91. The van der Waals surface area contributed by atoms with Crippen molar-refractivity contribution in [3.8, 4) is 0 Å². The van der Waals surface area contributed by atoms with Gasteiger partial charge >= 0.3 is 0 Å². The fraction of sp³-hybridized carbons (Fsp3) is 0.435. The van der Waals surface area contributed by atoms with Crippen LogP contribution in [-0.2, 0) is 0 Å². The number of rotatable bonds is 5. The summed E-state index contributed by atoms with van der Waals surface area (Å²) in [5, 5.41) is 3.70. The van der Waals surface area contributed by atoms with E-state index >= 15 is 0 Å². The van der Waals surface area contributed by atoms with Gasteiger partial charge in [-0.1, -0.05) is 11.6 Å². The van der Waals surface area contributed by atoms with Crippen LogP contribution in [0.15, 0.2) is 39.2 Å². The Bertz CT molecular complexity index is 1160. The second-order valence-electron chi connectivity index (χ2n) is 9.15. The van der Waals surface area contributed by atoms with Crippen molar-refractivity contribution in [3.63, 3.8) is 0 Å². The van der Waals surface area contributed by atoms with Crippen molar-refractivity contribution >= 4 is 34.4 Å². The van der Waals surface area contributed by atoms with E-state index in [2.05, 4.69) is 10.3 Å². The third-order valence-electron chi connectivity index (χ3n) is 6.79. The Balaban J connectivity index is 1.03. The molecule has 3 aliphatic rings. The molecule has 1 aromatic carbocycles. The zero-order valence-electron chi connectivity index (χ0n) is 16.3. The number of fused-ring (bicyclic) bond motifs is 1. The van der Waals surface area contributed by atoms with Gasteiger partial charge in [0.05, 0.1) is 0 Å². The SMILES string of the molecule is O=C(NC1CC2(C1)CC(c1nc3cc(Cl)ccc3o1)C2)c1ccc(C(=O)C2CC2)o1. The van der Waals surface area contributed by atoms with Gasteiger partial charge < -0.3 is 14.2 Å². The third-order valence-corrected chi connectivity index (χ3v) is 7.02. The minimum atomic E-state index is -0.239. The first-order valence-corrected chi connectivity index (χ1v) is 10.9. The molecular formula is C23H21ClN2O4. The van der Waals surface area contributed by atoms with Crippen LogP contribution in [0.25, 0.3) is 11.1 Å². The zero-order valence-corrected chi connectivity index (χ0v) is 17.1. The second kappa shape index (κ2) is 6.45. The fourth-order valence-electron chi connectivity index (χ4n) is 5.07. The first-order chi connectivity index (χ1) is 14.5. The molecule has 1 spiro atoms. The summed E-state index contributed by atoms with van der Waals surface area (Å²) in [5.74, 6) is 1.49. The highest BCUT2D eigenvalue weighted by Crippen LogP contribution is 2.61. The summed E-state index contributed by atoms with van der Waals surface area (Å²) in [6, 6.07) is 8.85. The maximum Gasteiger partial charge on any atom is 0.287 e. The summed E-state index contributed by atoms with van der Waals surface area (Å²) >= 11 is 6.03. The number of amides is 1. The van der Waals surface area contributed by atoms with E-state index in [1.807, 2.05) is 18.2 Å². The van der Waals surface area contributed by atoms with Gasteiger partial charge in [0.25, 0.3) is 5.91 Å². The number of furan rings is 1. The molecule has 2 heterocycles. The topological polar surface area (TPSA) is 85.3 Å². The molecule has 0 atom stereocenters. The molecule has 3 aliphatic carbocycles. The predicted molar refractivity (Wildman–Crippen MR) is 110 cm³/mol. The minimum absolute atomic E-state index is 0.0126. The molecule has 0 bridgehead atoms. The molecule has 1 amide bonds. The molecule has 3 saturated carbocycles. The first kappa shape index (κ1) is 18.2. The Morgan fingerprint density at radius 3 is 2.57 bits per heavy atom. The number of nitrogens with one attached hydrogen (secondary N) is 1. The van der Waals surface area contributed by atoms with Crippen LogP contribution in [0.4, 0.5) is 0 Å². The molecule has 0 unspecified atom stereocenters. The molecule has 3 fully saturated rings. The van der Waals surface area contributed by atoms with Crippen molar-refractivity contribution in [2.45, 2.75) is 50.5 Å². The van der Waals surface area contributed by atoms with Gasteiger partial charge in [0.15, 0.2) is 23.0 Å². The molecule has 6 nitrogen and oxygen atoms in total. The lowest BCUT2D eigenvalue weighted by molar-refractivity contribution is -0.0256. The van der Waals surface area contributed by atoms with Crippen LogP contribution in [0.2, 0.25) is 5.02 Å². The van der Waals surface area contributed by atoms with Crippen LogP contribution in [0.1, 0.15) is 71.4 Å². The molecule has 0 radical (unpaired) electrons. The number of benzene rings is 1. The summed E-state index contributed by atoms with van der Waals surface area (Å²) in [6.45, 7) is 0. The maximum atomic E-state index is 12.4. The van der Waals surface area contributed by atoms with Gasteiger partial charge in [0.2, 0.25) is 5.78 Å². The number of carbonyl (C=O) groups excluding carboxylic acids is 2. The molecule has 2 aromatic heterocycles. The average Bonchev–Trinajstić information content (AvgIpc) is 3.24. The Morgan fingerprint density at radius 2 is 1.80 bits per heavy atom. The monoisotopic (exact) mass is 424 g/mol. The van der Waals surface area contributed by atoms with Gasteiger partial charge in [-0.3, -0.25) is 9.59 Å². The van der Waals surface area contributed by atoms with Crippen molar-refractivity contribution in [3.05, 3.63) is 52.8 Å².